The minimum Gasteiger partial charge on any atom is -0.309 e. The lowest BCUT2D eigenvalue weighted by molar-refractivity contribution is 0.793. The molecule has 0 radical (unpaired) electrons. The van der Waals surface area contributed by atoms with E-state index in [9.17, 15) is 0 Å². The maximum absolute atomic E-state index is 2.60. The molecule has 2 aliphatic carbocycles. The fourth-order valence-electron chi connectivity index (χ4n) is 13.0. The first-order valence-electron chi connectivity index (χ1n) is 25.7. The van der Waals surface area contributed by atoms with Crippen molar-refractivity contribution in [1.29, 1.82) is 0 Å². The Morgan fingerprint density at radius 3 is 1.30 bits per heavy atom. The average molecular weight is 938 g/mol. The average Bonchev–Trinajstić information content (AvgIpc) is 4.03. The smallest absolute Gasteiger partial charge is 0.0726 e. The van der Waals surface area contributed by atoms with Crippen LogP contribution in [-0.2, 0) is 5.41 Å². The highest BCUT2D eigenvalue weighted by Gasteiger charge is 2.51. The Hall–Kier alpha value is -9.56. The number of nitrogens with zero attached hydrogens (tertiary/aromatic N) is 1. The van der Waals surface area contributed by atoms with Crippen LogP contribution in [0.1, 0.15) is 22.3 Å². The minimum absolute atomic E-state index is 0.518. The highest BCUT2D eigenvalue weighted by atomic mass is 15.1. The monoisotopic (exact) mass is 937 g/mol. The zero-order valence-corrected chi connectivity index (χ0v) is 40.6. The lowest BCUT2D eigenvalue weighted by Gasteiger charge is -2.34. The van der Waals surface area contributed by atoms with Crippen molar-refractivity contribution in [3.63, 3.8) is 0 Å². The molecule has 0 atom stereocenters. The fraction of sp³-hybridized carbons (Fsp3) is 0.0137. The molecule has 0 aromatic heterocycles. The van der Waals surface area contributed by atoms with Crippen molar-refractivity contribution in [2.45, 2.75) is 5.41 Å². The van der Waals surface area contributed by atoms with Gasteiger partial charge in [0.25, 0.3) is 0 Å². The molecule has 0 saturated heterocycles. The second-order valence-electron chi connectivity index (χ2n) is 19.8. The third kappa shape index (κ3) is 6.23. The van der Waals surface area contributed by atoms with Crippen molar-refractivity contribution in [2.75, 3.05) is 4.90 Å². The van der Waals surface area contributed by atoms with Gasteiger partial charge in [-0.25, -0.2) is 0 Å². The van der Waals surface area contributed by atoms with Gasteiger partial charge < -0.3 is 4.90 Å². The summed E-state index contributed by atoms with van der Waals surface area (Å²) in [6, 6.07) is 106. The summed E-state index contributed by atoms with van der Waals surface area (Å²) < 4.78 is 0. The molecule has 0 saturated carbocycles. The van der Waals surface area contributed by atoms with Crippen LogP contribution >= 0.6 is 0 Å². The Bertz CT molecular complexity index is 4290. The molecule has 0 N–H and O–H groups in total. The van der Waals surface area contributed by atoms with Crippen molar-refractivity contribution >= 4 is 49.4 Å². The molecule has 0 amide bonds. The van der Waals surface area contributed by atoms with Crippen LogP contribution in [0.4, 0.5) is 17.1 Å². The van der Waals surface area contributed by atoms with Gasteiger partial charge >= 0.3 is 0 Å². The quantitative estimate of drug-likeness (QED) is 0.144. The second-order valence-corrected chi connectivity index (χ2v) is 19.8. The maximum Gasteiger partial charge on any atom is 0.0726 e. The van der Waals surface area contributed by atoms with Crippen LogP contribution in [0.25, 0.3) is 99.1 Å². The van der Waals surface area contributed by atoms with E-state index in [0.29, 0.717) is 0 Å². The maximum atomic E-state index is 2.60. The van der Waals surface area contributed by atoms with Crippen LogP contribution in [0.3, 0.4) is 0 Å². The summed E-state index contributed by atoms with van der Waals surface area (Å²) in [7, 11) is 0. The van der Waals surface area contributed by atoms with Gasteiger partial charge in [0.15, 0.2) is 0 Å². The molecule has 344 valence electrons. The van der Waals surface area contributed by atoms with E-state index in [1.54, 1.807) is 0 Å². The number of benzene rings is 13. The van der Waals surface area contributed by atoms with Gasteiger partial charge in [-0.2, -0.15) is 0 Å². The van der Waals surface area contributed by atoms with Crippen LogP contribution < -0.4 is 4.90 Å². The zero-order chi connectivity index (χ0) is 48.7. The summed E-state index contributed by atoms with van der Waals surface area (Å²) in [5.74, 6) is 0. The van der Waals surface area contributed by atoms with E-state index in [0.717, 1.165) is 22.6 Å². The third-order valence-electron chi connectivity index (χ3n) is 16.1. The Morgan fingerprint density at radius 2 is 0.649 bits per heavy atom. The lowest BCUT2D eigenvalue weighted by Crippen LogP contribution is -2.26. The summed E-state index contributed by atoms with van der Waals surface area (Å²) in [4.78, 5) is 2.60. The standard InChI is InChI=1S/C73H47N/c1-3-20-48(21-4-1)49-38-40-52(41-39-49)56-44-42-53(46-66(56)51-22-5-2-6-23-51)74(72-65-33-12-10-28-58(65)57-27-9-11-32-64(57)71(72)63-34-19-25-50-24-7-8-26-55(50)63)54-43-45-62-61-31-15-18-37-69(61)73(70(62)47-54)67-35-16-13-29-59(67)60-30-14-17-36-68(60)73/h1-47H. The Labute approximate surface area is 431 Å². The van der Waals surface area contributed by atoms with Crippen molar-refractivity contribution in [3.8, 4) is 66.8 Å². The second kappa shape index (κ2) is 16.8. The van der Waals surface area contributed by atoms with Crippen LogP contribution in [0.5, 0.6) is 0 Å². The topological polar surface area (TPSA) is 3.24 Å². The zero-order valence-electron chi connectivity index (χ0n) is 40.6. The number of fused-ring (bicyclic) bond motifs is 14. The highest BCUT2D eigenvalue weighted by molar-refractivity contribution is 6.24. The van der Waals surface area contributed by atoms with Crippen LogP contribution in [0, 0.1) is 0 Å². The molecule has 13 aromatic carbocycles. The highest BCUT2D eigenvalue weighted by Crippen LogP contribution is 2.64. The van der Waals surface area contributed by atoms with Crippen LogP contribution in [0.15, 0.2) is 285 Å². The van der Waals surface area contributed by atoms with Crippen LogP contribution in [-0.4, -0.2) is 0 Å². The van der Waals surface area contributed by atoms with E-state index in [1.807, 2.05) is 0 Å². The predicted molar refractivity (Wildman–Crippen MR) is 312 cm³/mol. The van der Waals surface area contributed by atoms with Gasteiger partial charge in [-0.3, -0.25) is 0 Å². The predicted octanol–water partition coefficient (Wildman–Crippen LogP) is 19.6. The molecule has 0 fully saturated rings. The summed E-state index contributed by atoms with van der Waals surface area (Å²) in [6.07, 6.45) is 0. The van der Waals surface area contributed by atoms with Gasteiger partial charge in [0, 0.05) is 22.3 Å². The molecule has 2 aliphatic rings. The summed E-state index contributed by atoms with van der Waals surface area (Å²) in [5.41, 5.74) is 22.7. The first kappa shape index (κ1) is 42.2. The molecule has 15 rings (SSSR count). The van der Waals surface area contributed by atoms with E-state index < -0.39 is 5.41 Å². The van der Waals surface area contributed by atoms with Gasteiger partial charge in [0.1, 0.15) is 0 Å². The number of rotatable bonds is 7. The molecule has 1 nitrogen and oxygen atoms in total. The van der Waals surface area contributed by atoms with Crippen molar-refractivity contribution in [2.24, 2.45) is 0 Å². The first-order chi connectivity index (χ1) is 36.7. The summed E-state index contributed by atoms with van der Waals surface area (Å²) in [5, 5.41) is 7.28. The molecule has 1 heteroatoms. The molecular weight excluding hydrogens is 891 g/mol. The molecule has 74 heavy (non-hydrogen) atoms. The normalized spacial score (nSPS) is 12.7. The van der Waals surface area contributed by atoms with E-state index in [4.69, 9.17) is 0 Å². The SMILES string of the molecule is c1ccc(-c2ccc(-c3ccc(N(c4ccc5c(c4)C4(c6ccccc6-c6ccccc64)c4ccccc4-5)c4c(-c5cccc6ccccc56)c5ccccc5c5ccccc45)cc3-c3ccccc3)cc2)cc1. The van der Waals surface area contributed by atoms with E-state index >= 15 is 0 Å². The molecule has 0 bridgehead atoms. The van der Waals surface area contributed by atoms with Gasteiger partial charge in [0.2, 0.25) is 0 Å². The molecule has 0 aliphatic heterocycles. The molecule has 0 unspecified atom stereocenters. The Balaban J connectivity index is 1.06. The van der Waals surface area contributed by atoms with E-state index in [1.165, 1.54) is 116 Å². The van der Waals surface area contributed by atoms with Crippen molar-refractivity contribution < 1.29 is 0 Å². The number of hydrogen-bond donors (Lipinski definition) is 0. The molecule has 13 aromatic rings. The molecule has 0 heterocycles. The summed E-state index contributed by atoms with van der Waals surface area (Å²) in [6.45, 7) is 0. The van der Waals surface area contributed by atoms with Crippen LogP contribution in [0.2, 0.25) is 0 Å². The van der Waals surface area contributed by atoms with Gasteiger partial charge in [-0.1, -0.05) is 261 Å². The van der Waals surface area contributed by atoms with Gasteiger partial charge in [-0.05, 0) is 135 Å². The molecule has 1 spiro atoms. The van der Waals surface area contributed by atoms with Crippen molar-refractivity contribution in [3.05, 3.63) is 307 Å². The number of anilines is 3. The van der Waals surface area contributed by atoms with Crippen molar-refractivity contribution in [1.82, 2.24) is 0 Å². The Kier molecular flexibility index (Phi) is 9.55. The third-order valence-corrected chi connectivity index (χ3v) is 16.1. The van der Waals surface area contributed by atoms with Gasteiger partial charge in [-0.15, -0.1) is 0 Å². The Morgan fingerprint density at radius 1 is 0.230 bits per heavy atom. The fourth-order valence-corrected chi connectivity index (χ4v) is 13.0. The largest absolute Gasteiger partial charge is 0.309 e. The molecular formula is C73H47N. The van der Waals surface area contributed by atoms with E-state index in [2.05, 4.69) is 290 Å². The minimum atomic E-state index is -0.518. The van der Waals surface area contributed by atoms with E-state index in [-0.39, 0.29) is 0 Å². The first-order valence-corrected chi connectivity index (χ1v) is 25.7. The summed E-state index contributed by atoms with van der Waals surface area (Å²) >= 11 is 0. The lowest BCUT2D eigenvalue weighted by atomic mass is 9.70. The van der Waals surface area contributed by atoms with Gasteiger partial charge in [0.05, 0.1) is 11.1 Å². The number of hydrogen-bond acceptors (Lipinski definition) is 1.